The lowest BCUT2D eigenvalue weighted by molar-refractivity contribution is -0.139. The van der Waals surface area contributed by atoms with Crippen LogP contribution in [0.25, 0.3) is 0 Å². The molecule has 0 radical (unpaired) electrons. The third-order valence-corrected chi connectivity index (χ3v) is 2.90. The minimum atomic E-state index is -1.08. The van der Waals surface area contributed by atoms with E-state index in [1.807, 2.05) is 14.1 Å². The number of unbranched alkanes of at least 4 members (excludes halogenated alkanes) is 1. The first kappa shape index (κ1) is 17.0. The van der Waals surface area contributed by atoms with Crippen molar-refractivity contribution in [3.8, 4) is 0 Å². The molecular weight excluding hydrogens is 274 g/mol. The van der Waals surface area contributed by atoms with Gasteiger partial charge >= 0.3 is 12.0 Å². The fraction of sp³-hybridized carbons (Fsp3) is 0.615. The summed E-state index contributed by atoms with van der Waals surface area (Å²) in [5.41, 5.74) is 0.661. The number of aromatic nitrogens is 2. The van der Waals surface area contributed by atoms with Crippen molar-refractivity contribution in [3.63, 3.8) is 0 Å². The molecule has 118 valence electrons. The number of hydrogen-bond donors (Lipinski definition) is 4. The van der Waals surface area contributed by atoms with Gasteiger partial charge in [-0.25, -0.2) is 14.6 Å². The Morgan fingerprint density at radius 3 is 2.76 bits per heavy atom. The van der Waals surface area contributed by atoms with Crippen molar-refractivity contribution in [1.29, 1.82) is 0 Å². The minimum absolute atomic E-state index is 0.170. The molecule has 1 atom stereocenters. The number of urea groups is 1. The molecule has 0 aliphatic carbocycles. The molecule has 1 aromatic heterocycles. The number of hydrogen-bond acceptors (Lipinski definition) is 4. The lowest BCUT2D eigenvalue weighted by Gasteiger charge is -2.14. The van der Waals surface area contributed by atoms with E-state index >= 15 is 0 Å². The van der Waals surface area contributed by atoms with Crippen LogP contribution >= 0.6 is 0 Å². The topological polar surface area (TPSA) is 110 Å². The van der Waals surface area contributed by atoms with Gasteiger partial charge in [0, 0.05) is 24.9 Å². The Labute approximate surface area is 123 Å². The van der Waals surface area contributed by atoms with Crippen LogP contribution in [-0.2, 0) is 11.2 Å². The Bertz CT molecular complexity index is 433. The van der Waals surface area contributed by atoms with Crippen molar-refractivity contribution in [1.82, 2.24) is 25.5 Å². The van der Waals surface area contributed by atoms with Crippen LogP contribution in [0.2, 0.25) is 0 Å². The second-order valence-electron chi connectivity index (χ2n) is 5.08. The molecule has 21 heavy (non-hydrogen) atoms. The Kier molecular flexibility index (Phi) is 7.24. The van der Waals surface area contributed by atoms with E-state index in [-0.39, 0.29) is 6.42 Å². The Hall–Kier alpha value is -2.09. The summed E-state index contributed by atoms with van der Waals surface area (Å²) < 4.78 is 0. The van der Waals surface area contributed by atoms with E-state index in [1.54, 1.807) is 0 Å². The molecule has 1 heterocycles. The average molecular weight is 297 g/mol. The summed E-state index contributed by atoms with van der Waals surface area (Å²) >= 11 is 0. The SMILES string of the molecule is CN(C)CCCCNC(=O)N[C@@H](Cc1cnc[nH]1)C(=O)O. The molecular formula is C13H23N5O3. The number of imidazole rings is 1. The van der Waals surface area contributed by atoms with Crippen molar-refractivity contribution in [2.24, 2.45) is 0 Å². The smallest absolute Gasteiger partial charge is 0.326 e. The standard InChI is InChI=1S/C13H23N5O3/c1-18(2)6-4-3-5-15-13(21)17-11(12(19)20)7-10-8-14-9-16-10/h8-9,11H,3-7H2,1-2H3,(H,14,16)(H,19,20)(H2,15,17,21)/t11-/m0/s1. The van der Waals surface area contributed by atoms with Crippen LogP contribution in [0.15, 0.2) is 12.5 Å². The van der Waals surface area contributed by atoms with E-state index in [4.69, 9.17) is 5.11 Å². The molecule has 0 aliphatic rings. The van der Waals surface area contributed by atoms with Gasteiger partial charge in [-0.3, -0.25) is 0 Å². The predicted molar refractivity (Wildman–Crippen MR) is 78.0 cm³/mol. The number of aliphatic carboxylic acids is 1. The third kappa shape index (κ3) is 7.31. The summed E-state index contributed by atoms with van der Waals surface area (Å²) in [6, 6.07) is -1.45. The van der Waals surface area contributed by atoms with Crippen LogP contribution in [0.1, 0.15) is 18.5 Å². The van der Waals surface area contributed by atoms with Crippen molar-refractivity contribution < 1.29 is 14.7 Å². The van der Waals surface area contributed by atoms with Crippen LogP contribution in [0.5, 0.6) is 0 Å². The highest BCUT2D eigenvalue weighted by Crippen LogP contribution is 1.99. The second kappa shape index (κ2) is 8.96. The summed E-state index contributed by atoms with van der Waals surface area (Å²) in [6.07, 6.45) is 5.01. The zero-order valence-corrected chi connectivity index (χ0v) is 12.4. The number of carbonyl (C=O) groups is 2. The van der Waals surface area contributed by atoms with Gasteiger partial charge in [0.2, 0.25) is 0 Å². The van der Waals surface area contributed by atoms with Gasteiger partial charge in [0.1, 0.15) is 6.04 Å². The number of rotatable bonds is 9. The molecule has 0 spiro atoms. The second-order valence-corrected chi connectivity index (χ2v) is 5.08. The van der Waals surface area contributed by atoms with Crippen LogP contribution in [0.4, 0.5) is 4.79 Å². The Morgan fingerprint density at radius 2 is 2.19 bits per heavy atom. The van der Waals surface area contributed by atoms with Gasteiger partial charge < -0.3 is 25.6 Å². The highest BCUT2D eigenvalue weighted by atomic mass is 16.4. The number of nitrogens with one attached hydrogen (secondary N) is 3. The van der Waals surface area contributed by atoms with E-state index in [9.17, 15) is 9.59 Å². The maximum Gasteiger partial charge on any atom is 0.326 e. The van der Waals surface area contributed by atoms with Crippen molar-refractivity contribution in [2.75, 3.05) is 27.2 Å². The van der Waals surface area contributed by atoms with Gasteiger partial charge in [-0.05, 0) is 33.5 Å². The first-order valence-corrected chi connectivity index (χ1v) is 6.88. The van der Waals surface area contributed by atoms with Crippen molar-refractivity contribution >= 4 is 12.0 Å². The highest BCUT2D eigenvalue weighted by Gasteiger charge is 2.20. The average Bonchev–Trinajstić information content (AvgIpc) is 2.90. The van der Waals surface area contributed by atoms with Crippen LogP contribution in [-0.4, -0.2) is 65.2 Å². The molecule has 8 nitrogen and oxygen atoms in total. The fourth-order valence-corrected chi connectivity index (χ4v) is 1.78. The Morgan fingerprint density at radius 1 is 1.43 bits per heavy atom. The van der Waals surface area contributed by atoms with Gasteiger partial charge in [0.05, 0.1) is 6.33 Å². The number of H-pyrrole nitrogens is 1. The normalized spacial score (nSPS) is 12.1. The summed E-state index contributed by atoms with van der Waals surface area (Å²) in [7, 11) is 3.99. The molecule has 4 N–H and O–H groups in total. The lowest BCUT2D eigenvalue weighted by atomic mass is 10.2. The maximum atomic E-state index is 11.7. The number of carbonyl (C=O) groups excluding carboxylic acids is 1. The largest absolute Gasteiger partial charge is 0.480 e. The molecule has 8 heteroatoms. The number of nitrogens with zero attached hydrogens (tertiary/aromatic N) is 2. The van der Waals surface area contributed by atoms with Crippen LogP contribution in [0.3, 0.4) is 0 Å². The van der Waals surface area contributed by atoms with Crippen molar-refractivity contribution in [3.05, 3.63) is 18.2 Å². The fourth-order valence-electron chi connectivity index (χ4n) is 1.78. The van der Waals surface area contributed by atoms with E-state index in [0.29, 0.717) is 12.2 Å². The molecule has 1 rings (SSSR count). The predicted octanol–water partition coefficient (Wildman–Crippen LogP) is 0.0464. The van der Waals surface area contributed by atoms with Gasteiger partial charge in [-0.2, -0.15) is 0 Å². The molecule has 0 aliphatic heterocycles. The highest BCUT2D eigenvalue weighted by molar-refractivity contribution is 5.82. The van der Waals surface area contributed by atoms with Gasteiger partial charge in [0.25, 0.3) is 0 Å². The molecule has 0 saturated heterocycles. The minimum Gasteiger partial charge on any atom is -0.480 e. The first-order valence-electron chi connectivity index (χ1n) is 6.88. The van der Waals surface area contributed by atoms with Crippen LogP contribution in [0, 0.1) is 0 Å². The molecule has 0 aromatic carbocycles. The van der Waals surface area contributed by atoms with Gasteiger partial charge in [-0.1, -0.05) is 0 Å². The molecule has 0 bridgehead atoms. The van der Waals surface area contributed by atoms with Crippen molar-refractivity contribution in [2.45, 2.75) is 25.3 Å². The summed E-state index contributed by atoms with van der Waals surface area (Å²) in [4.78, 5) is 31.5. The van der Waals surface area contributed by atoms with E-state index in [0.717, 1.165) is 19.4 Å². The zero-order valence-electron chi connectivity index (χ0n) is 12.4. The first-order chi connectivity index (χ1) is 9.99. The van der Waals surface area contributed by atoms with E-state index in [1.165, 1.54) is 12.5 Å². The zero-order chi connectivity index (χ0) is 15.7. The summed E-state index contributed by atoms with van der Waals surface area (Å²) in [5.74, 6) is -1.08. The number of amides is 2. The van der Waals surface area contributed by atoms with E-state index < -0.39 is 18.0 Å². The monoisotopic (exact) mass is 297 g/mol. The molecule has 0 fully saturated rings. The van der Waals surface area contributed by atoms with Gasteiger partial charge in [0.15, 0.2) is 0 Å². The number of carboxylic acid groups (broad SMARTS) is 1. The maximum absolute atomic E-state index is 11.7. The number of carboxylic acids is 1. The summed E-state index contributed by atoms with van der Waals surface area (Å²) in [6.45, 7) is 1.48. The molecule has 0 saturated carbocycles. The van der Waals surface area contributed by atoms with Gasteiger partial charge in [-0.15, -0.1) is 0 Å². The summed E-state index contributed by atoms with van der Waals surface area (Å²) in [5, 5.41) is 14.2. The molecule has 1 aromatic rings. The molecule has 2 amide bonds. The Balaban J connectivity index is 2.27. The molecule has 0 unspecified atom stereocenters. The third-order valence-electron chi connectivity index (χ3n) is 2.90. The number of aromatic amines is 1. The van der Waals surface area contributed by atoms with E-state index in [2.05, 4.69) is 25.5 Å². The lowest BCUT2D eigenvalue weighted by Crippen LogP contribution is -2.47. The van der Waals surface area contributed by atoms with Crippen LogP contribution < -0.4 is 10.6 Å². The quantitative estimate of drug-likeness (QED) is 0.481.